The van der Waals surface area contributed by atoms with Gasteiger partial charge in [-0.25, -0.2) is 63.8 Å². The average Bonchev–Trinajstić information content (AvgIpc) is 1.72. The Morgan fingerprint density at radius 2 is 0.477 bits per heavy atom. The summed E-state index contributed by atoms with van der Waals surface area (Å²) in [4.78, 5) is 62.2. The molecule has 0 unspecified atom stereocenters. The Morgan fingerprint density at radius 1 is 0.266 bits per heavy atom. The molecule has 0 saturated carbocycles. The highest BCUT2D eigenvalue weighted by molar-refractivity contribution is 6.01. The summed E-state index contributed by atoms with van der Waals surface area (Å²) < 4.78 is 167. The maximum atomic E-state index is 16.2. The Kier molecular flexibility index (Phi) is 18.2. The Labute approximate surface area is 614 Å². The number of hydrogen-bond donors (Lipinski definition) is 4. The summed E-state index contributed by atoms with van der Waals surface area (Å²) in [5.74, 6) is -22.7. The fraction of sp³-hybridized carbons (Fsp3) is 0.103. The number of benzene rings is 6. The number of carbonyl (C=O) groups is 2. The molecule has 109 heavy (non-hydrogen) atoms. The van der Waals surface area contributed by atoms with Crippen LogP contribution in [0.2, 0.25) is 0 Å². The van der Waals surface area contributed by atoms with Gasteiger partial charge in [0.1, 0.15) is 0 Å². The van der Waals surface area contributed by atoms with Crippen molar-refractivity contribution in [1.82, 2.24) is 39.9 Å². The molecule has 0 atom stereocenters. The lowest BCUT2D eigenvalue weighted by molar-refractivity contribution is -0.145. The van der Waals surface area contributed by atoms with Gasteiger partial charge in [0, 0.05) is 95.1 Å². The molecule has 16 rings (SSSR count). The van der Waals surface area contributed by atoms with Crippen molar-refractivity contribution in [2.75, 3.05) is 13.2 Å². The highest BCUT2D eigenvalue weighted by atomic mass is 19.2. The van der Waals surface area contributed by atoms with Gasteiger partial charge in [0.25, 0.3) is 0 Å². The third-order valence-electron chi connectivity index (χ3n) is 19.5. The molecule has 10 heterocycles. The largest absolute Gasteiger partial charge is 0.465 e. The summed E-state index contributed by atoms with van der Waals surface area (Å²) in [6.45, 7) is 7.24. The summed E-state index contributed by atoms with van der Waals surface area (Å²) in [5, 5.41) is 0. The Bertz CT molecular complexity index is 5820. The van der Waals surface area contributed by atoms with Crippen molar-refractivity contribution < 1.29 is 63.0 Å². The Balaban J connectivity index is 0.748. The van der Waals surface area contributed by atoms with E-state index in [2.05, 4.69) is 19.9 Å². The fourth-order valence-electron chi connectivity index (χ4n) is 14.0. The number of hydrogen-bond acceptors (Lipinski definition) is 8. The van der Waals surface area contributed by atoms with Crippen molar-refractivity contribution in [3.63, 3.8) is 0 Å². The molecule has 22 heteroatoms. The first-order valence-electron chi connectivity index (χ1n) is 34.6. The topological polar surface area (TPSA) is 167 Å². The SMILES string of the molecule is Cc1ccc(-c2c3nc(c(-c4c(F)c(F)c(F)c(F)c4F)c4ccc([nH]4)c(-c4ccc(C)cc4)c4nc(c(CC(=O)OCCCOC(=O)Cc5c6nc(c(-c7ccc(C)cc7)c7ccc([nH]7)c(-c7c(F)c(F)c(F)c(F)c7F)c7nc(c(-c8ccc(C)cc8)c8ccc5[nH]8)C=C7)C=C6)c5ccc2[nH]5)C=C4)C=C3)cc1. The predicted octanol–water partition coefficient (Wildman–Crippen LogP) is 21.5. The molecule has 4 N–H and O–H groups in total. The van der Waals surface area contributed by atoms with E-state index in [0.29, 0.717) is 112 Å². The van der Waals surface area contributed by atoms with Crippen molar-refractivity contribution in [3.8, 4) is 66.8 Å². The zero-order valence-electron chi connectivity index (χ0n) is 58.2. The maximum absolute atomic E-state index is 16.2. The normalized spacial score (nSPS) is 12.2. The quantitative estimate of drug-likeness (QED) is 0.0274. The minimum Gasteiger partial charge on any atom is -0.465 e. The summed E-state index contributed by atoms with van der Waals surface area (Å²) in [6, 6.07) is 42.9. The molecule has 0 radical (unpaired) electrons. The minimum atomic E-state index is -2.32. The highest BCUT2D eigenvalue weighted by Gasteiger charge is 2.33. The second-order valence-corrected chi connectivity index (χ2v) is 26.7. The summed E-state index contributed by atoms with van der Waals surface area (Å²) in [6.07, 6.45) is 12.4. The number of aromatic amines is 4. The summed E-state index contributed by atoms with van der Waals surface area (Å²) in [5.41, 5.74) is 9.90. The summed E-state index contributed by atoms with van der Waals surface area (Å²) >= 11 is 0. The number of halogens is 10. The van der Waals surface area contributed by atoms with Gasteiger partial charge in [-0.3, -0.25) is 9.59 Å². The number of carbonyl (C=O) groups excluding carboxylic acids is 2. The first-order valence-corrected chi connectivity index (χ1v) is 34.6. The van der Waals surface area contributed by atoms with E-state index in [1.807, 2.05) is 125 Å². The first kappa shape index (κ1) is 70.1. The molecule has 12 nitrogen and oxygen atoms in total. The average molecular weight is 1470 g/mol. The van der Waals surface area contributed by atoms with E-state index in [-0.39, 0.29) is 66.3 Å². The van der Waals surface area contributed by atoms with Crippen LogP contribution in [0.4, 0.5) is 43.9 Å². The monoisotopic (exact) mass is 1470 g/mol. The van der Waals surface area contributed by atoms with Crippen molar-refractivity contribution in [2.24, 2.45) is 0 Å². The standard InChI is InChI=1S/C87H58F10N8O4/c1-42-6-14-46(15-7-42)70-56-26-22-52(98-56)50(53-23-27-57(99-53)71(47-16-8-43(2)9-17-47)61-31-35-65(103-61)74(64-34-30-60(70)102-64)76-78(88)82(92)86(96)83(93)79(76)89)40-68(106)108-38-5-39-109-69(107)41-51-54-24-28-58(100-54)72(48-18-10-44(3)11-19-48)62-32-36-66(104-62)75(77-80(90)84(94)87(97)85(95)81(77)91)67-37-33-63(105-67)73(59-29-25-55(51)101-59)49-20-12-45(4)13-21-49/h6-37,98,100,103,105H,5,38-41H2,1-4H3. The van der Waals surface area contributed by atoms with Crippen molar-refractivity contribution in [3.05, 3.63) is 283 Å². The number of nitrogens with one attached hydrogen (secondary N) is 4. The minimum absolute atomic E-state index is 0.0363. The van der Waals surface area contributed by atoms with E-state index in [1.165, 1.54) is 24.3 Å². The van der Waals surface area contributed by atoms with E-state index < -0.39 is 92.4 Å². The first-order chi connectivity index (χ1) is 52.6. The van der Waals surface area contributed by atoms with Gasteiger partial charge in [-0.15, -0.1) is 0 Å². The van der Waals surface area contributed by atoms with Crippen LogP contribution in [0.15, 0.2) is 146 Å². The molecule has 6 aromatic heterocycles. The highest BCUT2D eigenvalue weighted by Crippen LogP contribution is 2.44. The number of nitrogens with zero attached hydrogens (tertiary/aromatic N) is 4. The second-order valence-electron chi connectivity index (χ2n) is 26.7. The van der Waals surface area contributed by atoms with Gasteiger partial charge < -0.3 is 29.4 Å². The Hall–Kier alpha value is -13.2. The van der Waals surface area contributed by atoms with Crippen LogP contribution in [0.5, 0.6) is 0 Å². The zero-order valence-corrected chi connectivity index (χ0v) is 58.2. The molecule has 12 aromatic rings. The molecule has 0 amide bonds. The lowest BCUT2D eigenvalue weighted by atomic mass is 10.0. The van der Waals surface area contributed by atoms with Crippen LogP contribution >= 0.6 is 0 Å². The molecule has 0 saturated heterocycles. The number of ether oxygens (including phenoxy) is 2. The lowest BCUT2D eigenvalue weighted by Crippen LogP contribution is -2.14. The van der Waals surface area contributed by atoms with Crippen LogP contribution in [0.3, 0.4) is 0 Å². The van der Waals surface area contributed by atoms with Gasteiger partial charge in [-0.2, -0.15) is 0 Å². The smallest absolute Gasteiger partial charge is 0.310 e. The lowest BCUT2D eigenvalue weighted by Gasteiger charge is -2.10. The predicted molar refractivity (Wildman–Crippen MR) is 403 cm³/mol. The van der Waals surface area contributed by atoms with Crippen molar-refractivity contribution >= 4 is 105 Å². The third-order valence-corrected chi connectivity index (χ3v) is 19.5. The van der Waals surface area contributed by atoms with Crippen LogP contribution in [-0.4, -0.2) is 65.0 Å². The van der Waals surface area contributed by atoms with Crippen LogP contribution < -0.4 is 0 Å². The fourth-order valence-corrected chi connectivity index (χ4v) is 14.0. The van der Waals surface area contributed by atoms with Crippen molar-refractivity contribution in [2.45, 2.75) is 47.0 Å². The number of esters is 2. The second kappa shape index (κ2) is 28.2. The molecule has 16 bridgehead atoms. The number of aromatic nitrogens is 8. The van der Waals surface area contributed by atoms with E-state index in [1.54, 1.807) is 72.9 Å². The molecule has 0 spiro atoms. The van der Waals surface area contributed by atoms with Crippen LogP contribution in [0, 0.1) is 85.9 Å². The molecule has 4 aliphatic rings. The molecule has 0 aliphatic carbocycles. The van der Waals surface area contributed by atoms with Gasteiger partial charge in [0.15, 0.2) is 46.5 Å². The third kappa shape index (κ3) is 13.0. The van der Waals surface area contributed by atoms with Gasteiger partial charge in [0.2, 0.25) is 11.6 Å². The van der Waals surface area contributed by atoms with E-state index >= 15 is 35.1 Å². The molecular formula is C87H58F10N8O4. The Morgan fingerprint density at radius 3 is 0.752 bits per heavy atom. The van der Waals surface area contributed by atoms with Gasteiger partial charge in [0.05, 0.1) is 82.7 Å². The molecule has 0 fully saturated rings. The number of H-pyrrole nitrogens is 4. The zero-order chi connectivity index (χ0) is 75.8. The summed E-state index contributed by atoms with van der Waals surface area (Å²) in [7, 11) is 0. The number of rotatable bonds is 14. The molecular weight excluding hydrogens is 1410 g/mol. The molecule has 540 valence electrons. The van der Waals surface area contributed by atoms with E-state index in [0.717, 1.165) is 22.3 Å². The van der Waals surface area contributed by atoms with Gasteiger partial charge in [-0.05, 0) is 147 Å². The number of fused-ring (bicyclic) bond motifs is 16. The van der Waals surface area contributed by atoms with Crippen LogP contribution in [0.1, 0.15) is 85.4 Å². The maximum Gasteiger partial charge on any atom is 0.310 e. The molecule has 4 aliphatic heterocycles. The molecule has 6 aromatic carbocycles. The number of aryl methyl sites for hydroxylation is 4. The van der Waals surface area contributed by atoms with Gasteiger partial charge in [-0.1, -0.05) is 119 Å². The van der Waals surface area contributed by atoms with E-state index in [9.17, 15) is 18.4 Å². The van der Waals surface area contributed by atoms with Crippen LogP contribution in [0.25, 0.3) is 160 Å². The van der Waals surface area contributed by atoms with E-state index in [4.69, 9.17) is 29.4 Å². The van der Waals surface area contributed by atoms with Crippen LogP contribution in [-0.2, 0) is 31.9 Å². The van der Waals surface area contributed by atoms with Gasteiger partial charge >= 0.3 is 11.9 Å². The van der Waals surface area contributed by atoms with Crippen molar-refractivity contribution in [1.29, 1.82) is 0 Å².